The molecular weight excluding hydrogens is 296 g/mol. The number of aromatic nitrogens is 1. The van der Waals surface area contributed by atoms with E-state index in [9.17, 15) is 0 Å². The number of hydrogen-bond acceptors (Lipinski definition) is 4. The van der Waals surface area contributed by atoms with Gasteiger partial charge in [0.1, 0.15) is 5.52 Å². The molecular formula is C17H12N2S2. The summed E-state index contributed by atoms with van der Waals surface area (Å²) in [5.74, 6) is 0. The molecule has 0 fully saturated rings. The Hall–Kier alpha value is -2.04. The van der Waals surface area contributed by atoms with Gasteiger partial charge < -0.3 is 5.73 Å². The minimum atomic E-state index is 0.770. The van der Waals surface area contributed by atoms with Crippen molar-refractivity contribution in [2.45, 2.75) is 9.79 Å². The van der Waals surface area contributed by atoms with Gasteiger partial charge in [0, 0.05) is 9.79 Å². The Morgan fingerprint density at radius 2 is 1.81 bits per heavy atom. The molecule has 1 aromatic heterocycles. The topological polar surface area (TPSA) is 38.9 Å². The smallest absolute Gasteiger partial charge is 0.105 e. The molecule has 102 valence electrons. The van der Waals surface area contributed by atoms with Crippen LogP contribution in [0.1, 0.15) is 0 Å². The van der Waals surface area contributed by atoms with Crippen LogP contribution in [-0.2, 0) is 0 Å². The molecule has 0 amide bonds. The number of benzene rings is 3. The first-order valence-electron chi connectivity index (χ1n) is 6.59. The van der Waals surface area contributed by atoms with Gasteiger partial charge in [0.2, 0.25) is 0 Å². The molecule has 1 heterocycles. The minimum Gasteiger partial charge on any atom is -0.396 e. The fraction of sp³-hybridized carbons (Fsp3) is 0. The maximum absolute atomic E-state index is 6.25. The third-order valence-corrected chi connectivity index (χ3v) is 5.31. The molecule has 0 aliphatic carbocycles. The maximum atomic E-state index is 6.25. The van der Waals surface area contributed by atoms with Gasteiger partial charge in [0.05, 0.1) is 15.9 Å². The monoisotopic (exact) mass is 308 g/mol. The Kier molecular flexibility index (Phi) is 3.05. The summed E-state index contributed by atoms with van der Waals surface area (Å²) in [7, 11) is 0. The Labute approximate surface area is 130 Å². The molecule has 0 unspecified atom stereocenters. The lowest BCUT2D eigenvalue weighted by Crippen LogP contribution is -1.90. The van der Waals surface area contributed by atoms with Gasteiger partial charge >= 0.3 is 0 Å². The van der Waals surface area contributed by atoms with Crippen molar-refractivity contribution in [3.8, 4) is 0 Å². The van der Waals surface area contributed by atoms with E-state index in [2.05, 4.69) is 59.6 Å². The standard InChI is InChI=1S/C17H12N2S2/c18-16-14(7-8-15-17(16)19-10-20-15)21-13-6-5-11-3-1-2-4-12(11)9-13/h1-10H,18H2. The Morgan fingerprint density at radius 3 is 2.71 bits per heavy atom. The van der Waals surface area contributed by atoms with Crippen molar-refractivity contribution in [2.75, 3.05) is 5.73 Å². The van der Waals surface area contributed by atoms with Gasteiger partial charge in [-0.05, 0) is 35.0 Å². The fourth-order valence-corrected chi connectivity index (χ4v) is 3.99. The molecule has 4 aromatic rings. The molecule has 0 spiro atoms. The van der Waals surface area contributed by atoms with E-state index in [1.807, 2.05) is 5.51 Å². The van der Waals surface area contributed by atoms with Gasteiger partial charge in [-0.1, -0.05) is 42.1 Å². The van der Waals surface area contributed by atoms with Crippen molar-refractivity contribution in [1.29, 1.82) is 0 Å². The first-order chi connectivity index (χ1) is 10.3. The van der Waals surface area contributed by atoms with E-state index in [0.717, 1.165) is 20.8 Å². The van der Waals surface area contributed by atoms with Gasteiger partial charge in [-0.3, -0.25) is 0 Å². The van der Waals surface area contributed by atoms with Crippen LogP contribution < -0.4 is 5.73 Å². The summed E-state index contributed by atoms with van der Waals surface area (Å²) in [4.78, 5) is 6.60. The number of rotatable bonds is 2. The number of fused-ring (bicyclic) bond motifs is 2. The zero-order valence-electron chi connectivity index (χ0n) is 11.1. The molecule has 4 heteroatoms. The highest BCUT2D eigenvalue weighted by Crippen LogP contribution is 2.37. The molecule has 0 bridgehead atoms. The van der Waals surface area contributed by atoms with Gasteiger partial charge in [0.15, 0.2) is 0 Å². The molecule has 0 radical (unpaired) electrons. The third kappa shape index (κ3) is 2.26. The lowest BCUT2D eigenvalue weighted by Gasteiger charge is -2.07. The zero-order chi connectivity index (χ0) is 14.2. The lowest BCUT2D eigenvalue weighted by molar-refractivity contribution is 1.42. The average molecular weight is 308 g/mol. The first kappa shape index (κ1) is 12.7. The van der Waals surface area contributed by atoms with Crippen molar-refractivity contribution < 1.29 is 0 Å². The summed E-state index contributed by atoms with van der Waals surface area (Å²) in [5.41, 5.74) is 9.76. The molecule has 2 N–H and O–H groups in total. The van der Waals surface area contributed by atoms with E-state index >= 15 is 0 Å². The third-order valence-electron chi connectivity index (χ3n) is 3.45. The van der Waals surface area contributed by atoms with Crippen LogP contribution in [0, 0.1) is 0 Å². The van der Waals surface area contributed by atoms with Crippen molar-refractivity contribution >= 4 is 49.8 Å². The summed E-state index contributed by atoms with van der Waals surface area (Å²) >= 11 is 3.30. The molecule has 0 aliphatic rings. The van der Waals surface area contributed by atoms with Crippen molar-refractivity contribution in [2.24, 2.45) is 0 Å². The van der Waals surface area contributed by atoms with Crippen LogP contribution in [0.25, 0.3) is 21.0 Å². The van der Waals surface area contributed by atoms with E-state index in [0.29, 0.717) is 0 Å². The Bertz CT molecular complexity index is 944. The van der Waals surface area contributed by atoms with E-state index in [1.165, 1.54) is 15.7 Å². The number of nitrogens with zero attached hydrogens (tertiary/aromatic N) is 1. The van der Waals surface area contributed by atoms with Crippen LogP contribution in [-0.4, -0.2) is 4.98 Å². The summed E-state index contributed by atoms with van der Waals surface area (Å²) in [6.07, 6.45) is 0. The highest BCUT2D eigenvalue weighted by Gasteiger charge is 2.08. The largest absolute Gasteiger partial charge is 0.396 e. The highest BCUT2D eigenvalue weighted by atomic mass is 32.2. The van der Waals surface area contributed by atoms with E-state index < -0.39 is 0 Å². The van der Waals surface area contributed by atoms with E-state index in [-0.39, 0.29) is 0 Å². The highest BCUT2D eigenvalue weighted by molar-refractivity contribution is 7.99. The van der Waals surface area contributed by atoms with E-state index in [4.69, 9.17) is 5.73 Å². The Morgan fingerprint density at radius 1 is 0.952 bits per heavy atom. The second kappa shape index (κ2) is 5.06. The number of anilines is 1. The lowest BCUT2D eigenvalue weighted by atomic mass is 10.1. The molecule has 2 nitrogen and oxygen atoms in total. The number of nitrogens with two attached hydrogens (primary N) is 1. The number of thiazole rings is 1. The van der Waals surface area contributed by atoms with Crippen LogP contribution in [0.15, 0.2) is 69.9 Å². The van der Waals surface area contributed by atoms with Crippen molar-refractivity contribution in [1.82, 2.24) is 4.98 Å². The molecule has 0 aliphatic heterocycles. The van der Waals surface area contributed by atoms with Crippen LogP contribution in [0.4, 0.5) is 5.69 Å². The zero-order valence-corrected chi connectivity index (χ0v) is 12.7. The number of nitrogen functional groups attached to an aromatic ring is 1. The summed E-state index contributed by atoms with van der Waals surface area (Å²) in [6, 6.07) is 19.0. The predicted molar refractivity (Wildman–Crippen MR) is 92.1 cm³/mol. The van der Waals surface area contributed by atoms with E-state index in [1.54, 1.807) is 23.1 Å². The molecule has 4 rings (SSSR count). The molecule has 0 atom stereocenters. The van der Waals surface area contributed by atoms with Crippen LogP contribution in [0.3, 0.4) is 0 Å². The van der Waals surface area contributed by atoms with Crippen molar-refractivity contribution in [3.63, 3.8) is 0 Å². The van der Waals surface area contributed by atoms with Gasteiger partial charge in [-0.15, -0.1) is 11.3 Å². The average Bonchev–Trinajstić information content (AvgIpc) is 2.99. The van der Waals surface area contributed by atoms with Crippen LogP contribution >= 0.6 is 23.1 Å². The van der Waals surface area contributed by atoms with Crippen LogP contribution in [0.2, 0.25) is 0 Å². The minimum absolute atomic E-state index is 0.770. The van der Waals surface area contributed by atoms with Gasteiger partial charge in [-0.25, -0.2) is 4.98 Å². The predicted octanol–water partition coefficient (Wildman–Crippen LogP) is 5.18. The first-order valence-corrected chi connectivity index (χ1v) is 8.29. The molecule has 21 heavy (non-hydrogen) atoms. The summed E-state index contributed by atoms with van der Waals surface area (Å²) in [5, 5.41) is 2.50. The van der Waals surface area contributed by atoms with Gasteiger partial charge in [0.25, 0.3) is 0 Å². The second-order valence-electron chi connectivity index (χ2n) is 4.79. The molecule has 0 saturated heterocycles. The second-order valence-corrected chi connectivity index (χ2v) is 6.79. The fourth-order valence-electron chi connectivity index (χ4n) is 2.38. The van der Waals surface area contributed by atoms with Crippen LogP contribution in [0.5, 0.6) is 0 Å². The summed E-state index contributed by atoms with van der Waals surface area (Å²) < 4.78 is 1.13. The Balaban J connectivity index is 1.76. The quantitative estimate of drug-likeness (QED) is 0.518. The van der Waals surface area contributed by atoms with Crippen molar-refractivity contribution in [3.05, 3.63) is 60.1 Å². The SMILES string of the molecule is Nc1c(Sc2ccc3ccccc3c2)ccc2scnc12. The molecule has 3 aromatic carbocycles. The molecule has 0 saturated carbocycles. The maximum Gasteiger partial charge on any atom is 0.105 e. The van der Waals surface area contributed by atoms with Gasteiger partial charge in [-0.2, -0.15) is 0 Å². The normalized spacial score (nSPS) is 11.2. The number of hydrogen-bond donors (Lipinski definition) is 1. The summed E-state index contributed by atoms with van der Waals surface area (Å²) in [6.45, 7) is 0.